The van der Waals surface area contributed by atoms with Crippen LogP contribution in [0.15, 0.2) is 65.3 Å². The topological polar surface area (TPSA) is 67.4 Å². The third-order valence-corrected chi connectivity index (χ3v) is 3.89. The molecule has 5 nitrogen and oxygen atoms in total. The lowest BCUT2D eigenvalue weighted by Gasteiger charge is -2.17. The van der Waals surface area contributed by atoms with Crippen LogP contribution in [0, 0.1) is 6.92 Å². The summed E-state index contributed by atoms with van der Waals surface area (Å²) >= 11 is 6.03. The number of carbonyl (C=O) groups excluding carboxylic acids is 2. The summed E-state index contributed by atoms with van der Waals surface area (Å²) in [5.41, 5.74) is 2.63. The quantitative estimate of drug-likeness (QED) is 0.837. The average molecular weight is 343 g/mol. The van der Waals surface area contributed by atoms with E-state index in [0.717, 1.165) is 11.3 Å². The van der Waals surface area contributed by atoms with E-state index in [4.69, 9.17) is 16.3 Å². The Hall–Kier alpha value is -2.79. The van der Waals surface area contributed by atoms with Crippen molar-refractivity contribution in [3.05, 3.63) is 76.5 Å². The molecule has 0 unspecified atom stereocenters. The molecule has 1 amide bonds. The second-order valence-corrected chi connectivity index (χ2v) is 5.72. The number of amides is 1. The third-order valence-electron chi connectivity index (χ3n) is 3.53. The molecule has 2 aromatic rings. The molecule has 1 aliphatic rings. The highest BCUT2D eigenvalue weighted by Crippen LogP contribution is 2.26. The standard InChI is InChI=1S/C18H15ClN2O3/c1-11-7-9-13(10-8-11)20-15-14(19)18(23)24-17(15)21-16(22)12-5-3-2-4-6-12/h2-10,17,20H,1H3,(H,21,22)/t17-/m1/s1. The minimum absolute atomic E-state index is 0.0751. The highest BCUT2D eigenvalue weighted by atomic mass is 35.5. The number of rotatable bonds is 4. The number of nitrogens with one attached hydrogen (secondary N) is 2. The van der Waals surface area contributed by atoms with E-state index in [1.807, 2.05) is 37.3 Å². The second-order valence-electron chi connectivity index (χ2n) is 5.34. The molecule has 1 aliphatic heterocycles. The predicted octanol–water partition coefficient (Wildman–Crippen LogP) is 3.17. The van der Waals surface area contributed by atoms with Crippen molar-refractivity contribution < 1.29 is 14.3 Å². The summed E-state index contributed by atoms with van der Waals surface area (Å²) in [6.07, 6.45) is -0.959. The number of benzene rings is 2. The first kappa shape index (κ1) is 16.1. The molecular weight excluding hydrogens is 328 g/mol. The van der Waals surface area contributed by atoms with Crippen molar-refractivity contribution >= 4 is 29.2 Å². The summed E-state index contributed by atoms with van der Waals surface area (Å²) in [6, 6.07) is 16.2. The van der Waals surface area contributed by atoms with Gasteiger partial charge < -0.3 is 15.4 Å². The van der Waals surface area contributed by atoms with Crippen LogP contribution >= 0.6 is 11.6 Å². The summed E-state index contributed by atoms with van der Waals surface area (Å²) in [5.74, 6) is -1.03. The highest BCUT2D eigenvalue weighted by molar-refractivity contribution is 6.42. The van der Waals surface area contributed by atoms with Gasteiger partial charge in [-0.25, -0.2) is 4.79 Å². The molecule has 0 saturated carbocycles. The van der Waals surface area contributed by atoms with Gasteiger partial charge in [0.25, 0.3) is 5.91 Å². The summed E-state index contributed by atoms with van der Waals surface area (Å²) < 4.78 is 5.13. The fraction of sp³-hybridized carbons (Fsp3) is 0.111. The van der Waals surface area contributed by atoms with Crippen molar-refractivity contribution in [1.29, 1.82) is 0 Å². The Bertz CT molecular complexity index is 801. The molecule has 0 bridgehead atoms. The van der Waals surface area contributed by atoms with Gasteiger partial charge in [0.1, 0.15) is 5.70 Å². The molecule has 0 aromatic heterocycles. The van der Waals surface area contributed by atoms with Gasteiger partial charge in [-0.3, -0.25) is 4.79 Å². The average Bonchev–Trinajstić information content (AvgIpc) is 2.85. The van der Waals surface area contributed by atoms with Crippen LogP contribution in [0.25, 0.3) is 0 Å². The van der Waals surface area contributed by atoms with Crippen LogP contribution in [0.4, 0.5) is 5.69 Å². The fourth-order valence-electron chi connectivity index (χ4n) is 2.25. The van der Waals surface area contributed by atoms with E-state index in [9.17, 15) is 9.59 Å². The number of carbonyl (C=O) groups is 2. The molecule has 3 rings (SSSR count). The van der Waals surface area contributed by atoms with Crippen LogP contribution in [0.5, 0.6) is 0 Å². The summed E-state index contributed by atoms with van der Waals surface area (Å²) in [7, 11) is 0. The van der Waals surface area contributed by atoms with E-state index >= 15 is 0 Å². The van der Waals surface area contributed by atoms with Gasteiger partial charge in [0, 0.05) is 11.3 Å². The Balaban J connectivity index is 1.78. The number of esters is 1. The number of aryl methyl sites for hydroxylation is 1. The van der Waals surface area contributed by atoms with Crippen molar-refractivity contribution in [2.45, 2.75) is 13.2 Å². The summed E-state index contributed by atoms with van der Waals surface area (Å²) in [6.45, 7) is 1.97. The van der Waals surface area contributed by atoms with Gasteiger partial charge in [-0.15, -0.1) is 0 Å². The van der Waals surface area contributed by atoms with Crippen molar-refractivity contribution in [2.75, 3.05) is 5.32 Å². The molecule has 0 spiro atoms. The van der Waals surface area contributed by atoms with Crippen LogP contribution < -0.4 is 10.6 Å². The lowest BCUT2D eigenvalue weighted by Crippen LogP contribution is -2.38. The first-order chi connectivity index (χ1) is 11.5. The predicted molar refractivity (Wildman–Crippen MR) is 91.5 cm³/mol. The largest absolute Gasteiger partial charge is 0.431 e. The number of cyclic esters (lactones) is 1. The lowest BCUT2D eigenvalue weighted by molar-refractivity contribution is -0.139. The molecule has 6 heteroatoms. The zero-order valence-corrected chi connectivity index (χ0v) is 13.6. The summed E-state index contributed by atoms with van der Waals surface area (Å²) in [5, 5.41) is 5.62. The number of hydrogen-bond donors (Lipinski definition) is 2. The molecule has 1 heterocycles. The first-order valence-corrected chi connectivity index (χ1v) is 7.72. The number of halogens is 1. The van der Waals surface area contributed by atoms with Crippen LogP contribution in [0.2, 0.25) is 0 Å². The first-order valence-electron chi connectivity index (χ1n) is 7.35. The lowest BCUT2D eigenvalue weighted by atomic mass is 10.2. The Morgan fingerprint density at radius 3 is 2.42 bits per heavy atom. The Kier molecular flexibility index (Phi) is 4.53. The molecular formula is C18H15ClN2O3. The van der Waals surface area contributed by atoms with Gasteiger partial charge >= 0.3 is 5.97 Å². The fourth-order valence-corrected chi connectivity index (χ4v) is 2.44. The monoisotopic (exact) mass is 342 g/mol. The molecule has 122 valence electrons. The molecule has 1 atom stereocenters. The maximum absolute atomic E-state index is 12.3. The maximum atomic E-state index is 12.3. The smallest absolute Gasteiger partial charge is 0.354 e. The van der Waals surface area contributed by atoms with Crippen molar-refractivity contribution in [3.63, 3.8) is 0 Å². The van der Waals surface area contributed by atoms with Crippen LogP contribution in [0.1, 0.15) is 15.9 Å². The summed E-state index contributed by atoms with van der Waals surface area (Å²) in [4.78, 5) is 24.0. The van der Waals surface area contributed by atoms with E-state index in [1.54, 1.807) is 24.3 Å². The van der Waals surface area contributed by atoms with Crippen LogP contribution in [-0.4, -0.2) is 18.1 Å². The van der Waals surface area contributed by atoms with Crippen LogP contribution in [-0.2, 0) is 9.53 Å². The molecule has 0 fully saturated rings. The van der Waals surface area contributed by atoms with E-state index in [2.05, 4.69) is 10.6 Å². The Labute approximate surface area is 144 Å². The van der Waals surface area contributed by atoms with Crippen molar-refractivity contribution in [1.82, 2.24) is 5.32 Å². The van der Waals surface area contributed by atoms with E-state index in [0.29, 0.717) is 11.3 Å². The van der Waals surface area contributed by atoms with Crippen molar-refractivity contribution in [3.8, 4) is 0 Å². The minimum atomic E-state index is -0.959. The SMILES string of the molecule is Cc1ccc(NC2=C(Cl)C(=O)O[C@H]2NC(=O)c2ccccc2)cc1. The molecule has 0 saturated heterocycles. The van der Waals surface area contributed by atoms with E-state index in [1.165, 1.54) is 0 Å². The highest BCUT2D eigenvalue weighted by Gasteiger charge is 2.34. The number of anilines is 1. The molecule has 2 aromatic carbocycles. The maximum Gasteiger partial charge on any atom is 0.354 e. The van der Waals surface area contributed by atoms with E-state index in [-0.39, 0.29) is 10.9 Å². The van der Waals surface area contributed by atoms with Gasteiger partial charge in [-0.2, -0.15) is 0 Å². The van der Waals surface area contributed by atoms with Gasteiger partial charge in [0.15, 0.2) is 5.03 Å². The van der Waals surface area contributed by atoms with Gasteiger partial charge in [-0.05, 0) is 31.2 Å². The number of ether oxygens (including phenoxy) is 1. The zero-order chi connectivity index (χ0) is 17.1. The van der Waals surface area contributed by atoms with Gasteiger partial charge in [-0.1, -0.05) is 47.5 Å². The molecule has 0 radical (unpaired) electrons. The van der Waals surface area contributed by atoms with Crippen LogP contribution in [0.3, 0.4) is 0 Å². The minimum Gasteiger partial charge on any atom is -0.431 e. The Morgan fingerprint density at radius 2 is 1.75 bits per heavy atom. The molecule has 0 aliphatic carbocycles. The molecule has 2 N–H and O–H groups in total. The normalized spacial score (nSPS) is 16.8. The van der Waals surface area contributed by atoms with E-state index < -0.39 is 12.2 Å². The van der Waals surface area contributed by atoms with Gasteiger partial charge in [0.05, 0.1) is 0 Å². The Morgan fingerprint density at radius 1 is 1.08 bits per heavy atom. The molecule has 24 heavy (non-hydrogen) atoms. The van der Waals surface area contributed by atoms with Gasteiger partial charge in [0.2, 0.25) is 6.23 Å². The third kappa shape index (κ3) is 3.41. The second kappa shape index (κ2) is 6.76. The number of hydrogen-bond acceptors (Lipinski definition) is 4. The van der Waals surface area contributed by atoms with Crippen molar-refractivity contribution in [2.24, 2.45) is 0 Å². The zero-order valence-electron chi connectivity index (χ0n) is 12.9.